The van der Waals surface area contributed by atoms with E-state index in [1.807, 2.05) is 27.7 Å². The maximum absolute atomic E-state index is 15.6. The number of aryl methyl sites for hydroxylation is 1. The SMILES string of the molecule is CCNCc1ccc(N(C(=O)OC(C)(C)C)c2cc(-c3cccc(-n4ncc5cc(C(C)(C)C)cc(F)c5c4=O)c3COC(C)=O)cn(C)c2=O)nc1. The van der Waals surface area contributed by atoms with E-state index in [1.165, 1.54) is 36.9 Å². The summed E-state index contributed by atoms with van der Waals surface area (Å²) in [6, 6.07) is 13.1. The first-order valence-corrected chi connectivity index (χ1v) is 17.3. The van der Waals surface area contributed by atoms with Gasteiger partial charge in [-0.25, -0.2) is 19.1 Å². The Balaban J connectivity index is 1.72. The first-order chi connectivity index (χ1) is 24.9. The number of amides is 1. The van der Waals surface area contributed by atoms with Crippen LogP contribution < -0.4 is 21.3 Å². The molecule has 5 rings (SSSR count). The van der Waals surface area contributed by atoms with Gasteiger partial charge < -0.3 is 19.4 Å². The maximum Gasteiger partial charge on any atom is 0.420 e. The summed E-state index contributed by atoms with van der Waals surface area (Å²) in [5.74, 6) is -1.10. The van der Waals surface area contributed by atoms with Crippen LogP contribution in [0.4, 0.5) is 20.7 Å². The van der Waals surface area contributed by atoms with E-state index in [2.05, 4.69) is 15.4 Å². The van der Waals surface area contributed by atoms with Gasteiger partial charge in [0.1, 0.15) is 29.5 Å². The molecule has 5 aromatic rings. The van der Waals surface area contributed by atoms with Gasteiger partial charge in [-0.3, -0.25) is 14.4 Å². The molecule has 278 valence electrons. The summed E-state index contributed by atoms with van der Waals surface area (Å²) in [6.45, 7) is 15.3. The van der Waals surface area contributed by atoms with Gasteiger partial charge in [0.25, 0.3) is 11.1 Å². The Kier molecular flexibility index (Phi) is 11.0. The van der Waals surface area contributed by atoms with Crippen molar-refractivity contribution in [3.63, 3.8) is 0 Å². The van der Waals surface area contributed by atoms with Gasteiger partial charge in [0.2, 0.25) is 0 Å². The lowest BCUT2D eigenvalue weighted by atomic mass is 9.86. The third-order valence-corrected chi connectivity index (χ3v) is 8.41. The maximum atomic E-state index is 15.6. The Bertz CT molecular complexity index is 2300. The van der Waals surface area contributed by atoms with Gasteiger partial charge in [-0.15, -0.1) is 0 Å². The Hall–Kier alpha value is -5.69. The van der Waals surface area contributed by atoms with E-state index >= 15 is 4.39 Å². The Morgan fingerprint density at radius 1 is 0.981 bits per heavy atom. The van der Waals surface area contributed by atoms with Crippen molar-refractivity contribution >= 4 is 34.3 Å². The second kappa shape index (κ2) is 15.1. The van der Waals surface area contributed by atoms with Gasteiger partial charge in [0.05, 0.1) is 17.3 Å². The molecule has 0 unspecified atom stereocenters. The number of rotatable bonds is 9. The molecule has 0 radical (unpaired) electrons. The summed E-state index contributed by atoms with van der Waals surface area (Å²) in [5.41, 5.74) is 0.495. The summed E-state index contributed by atoms with van der Waals surface area (Å²) in [6.07, 6.45) is 3.78. The molecule has 2 aromatic carbocycles. The van der Waals surface area contributed by atoms with Crippen molar-refractivity contribution in [2.45, 2.75) is 79.6 Å². The molecule has 0 aliphatic rings. The van der Waals surface area contributed by atoms with Gasteiger partial charge in [0, 0.05) is 49.4 Å². The minimum Gasteiger partial charge on any atom is -0.461 e. The number of hydrogen-bond donors (Lipinski definition) is 1. The predicted octanol–water partition coefficient (Wildman–Crippen LogP) is 6.83. The van der Waals surface area contributed by atoms with Crippen LogP contribution in [-0.4, -0.2) is 43.5 Å². The zero-order valence-electron chi connectivity index (χ0n) is 31.5. The lowest BCUT2D eigenvalue weighted by molar-refractivity contribution is -0.142. The van der Waals surface area contributed by atoms with Gasteiger partial charge in [-0.1, -0.05) is 45.9 Å². The molecule has 53 heavy (non-hydrogen) atoms. The quantitative estimate of drug-likeness (QED) is 0.162. The van der Waals surface area contributed by atoms with Crippen LogP contribution in [0.15, 0.2) is 76.7 Å². The zero-order chi connectivity index (χ0) is 38.8. The van der Waals surface area contributed by atoms with Crippen LogP contribution in [0.25, 0.3) is 27.6 Å². The largest absolute Gasteiger partial charge is 0.461 e. The number of aromatic nitrogens is 4. The molecule has 3 heterocycles. The lowest BCUT2D eigenvalue weighted by Gasteiger charge is -2.27. The van der Waals surface area contributed by atoms with Crippen molar-refractivity contribution < 1.29 is 23.5 Å². The summed E-state index contributed by atoms with van der Waals surface area (Å²) in [5, 5.41) is 7.86. The number of carbonyl (C=O) groups excluding carboxylic acids is 2. The number of ether oxygens (including phenoxy) is 2. The second-order valence-corrected chi connectivity index (χ2v) is 14.8. The highest BCUT2D eigenvalue weighted by Crippen LogP contribution is 2.33. The first kappa shape index (κ1) is 38.5. The molecule has 3 aromatic heterocycles. The number of nitrogens with one attached hydrogen (secondary N) is 1. The van der Waals surface area contributed by atoms with Crippen LogP contribution in [0, 0.1) is 5.82 Å². The Morgan fingerprint density at radius 2 is 1.72 bits per heavy atom. The van der Waals surface area contributed by atoms with Crippen molar-refractivity contribution in [2.24, 2.45) is 7.05 Å². The third kappa shape index (κ3) is 8.52. The second-order valence-electron chi connectivity index (χ2n) is 14.8. The fraction of sp³-hybridized carbons (Fsp3) is 0.350. The Morgan fingerprint density at radius 3 is 2.34 bits per heavy atom. The minimum atomic E-state index is -0.900. The van der Waals surface area contributed by atoms with Gasteiger partial charge in [-0.2, -0.15) is 9.78 Å². The molecule has 13 heteroatoms. The summed E-state index contributed by atoms with van der Waals surface area (Å²) >= 11 is 0. The van der Waals surface area contributed by atoms with Crippen molar-refractivity contribution in [1.29, 1.82) is 0 Å². The van der Waals surface area contributed by atoms with Gasteiger partial charge >= 0.3 is 12.1 Å². The van der Waals surface area contributed by atoms with Gasteiger partial charge in [-0.05, 0) is 79.8 Å². The van der Waals surface area contributed by atoms with Crippen LogP contribution in [0.5, 0.6) is 0 Å². The number of esters is 1. The number of benzene rings is 2. The smallest absolute Gasteiger partial charge is 0.420 e. The summed E-state index contributed by atoms with van der Waals surface area (Å²) in [7, 11) is 1.54. The van der Waals surface area contributed by atoms with Crippen molar-refractivity contribution in [3.05, 3.63) is 110 Å². The van der Waals surface area contributed by atoms with E-state index in [4.69, 9.17) is 9.47 Å². The van der Waals surface area contributed by atoms with E-state index < -0.39 is 34.6 Å². The predicted molar refractivity (Wildman–Crippen MR) is 202 cm³/mol. The summed E-state index contributed by atoms with van der Waals surface area (Å²) < 4.78 is 29.2. The molecule has 1 N–H and O–H groups in total. The molecule has 0 bridgehead atoms. The number of halogens is 1. The monoisotopic (exact) mass is 724 g/mol. The van der Waals surface area contributed by atoms with Crippen molar-refractivity contribution in [2.75, 3.05) is 11.4 Å². The molecule has 0 atom stereocenters. The highest BCUT2D eigenvalue weighted by molar-refractivity contribution is 5.96. The molecular formula is C40H45FN6O6. The van der Waals surface area contributed by atoms with Gasteiger partial charge in [0.15, 0.2) is 0 Å². The Labute approximate surface area is 307 Å². The number of pyridine rings is 2. The van der Waals surface area contributed by atoms with Crippen LogP contribution in [0.1, 0.15) is 72.1 Å². The average molecular weight is 725 g/mol. The summed E-state index contributed by atoms with van der Waals surface area (Å²) in [4.78, 5) is 59.4. The normalized spacial score (nSPS) is 11.8. The molecule has 0 saturated carbocycles. The average Bonchev–Trinajstić information content (AvgIpc) is 3.07. The van der Waals surface area contributed by atoms with E-state index in [1.54, 1.807) is 69.6 Å². The molecule has 0 spiro atoms. The molecule has 0 fully saturated rings. The number of carbonyl (C=O) groups is 2. The topological polar surface area (TPSA) is 138 Å². The first-order valence-electron chi connectivity index (χ1n) is 17.3. The molecule has 0 saturated heterocycles. The van der Waals surface area contributed by atoms with E-state index in [0.29, 0.717) is 34.2 Å². The highest BCUT2D eigenvalue weighted by atomic mass is 19.1. The molecule has 0 aliphatic carbocycles. The lowest BCUT2D eigenvalue weighted by Crippen LogP contribution is -2.38. The third-order valence-electron chi connectivity index (χ3n) is 8.41. The van der Waals surface area contributed by atoms with E-state index in [0.717, 1.165) is 21.7 Å². The van der Waals surface area contributed by atoms with Crippen molar-refractivity contribution in [1.82, 2.24) is 24.6 Å². The van der Waals surface area contributed by atoms with Crippen LogP contribution in [-0.2, 0) is 39.9 Å². The van der Waals surface area contributed by atoms with Crippen molar-refractivity contribution in [3.8, 4) is 16.8 Å². The number of anilines is 2. The number of hydrogen-bond acceptors (Lipinski definition) is 9. The minimum absolute atomic E-state index is 0.0623. The number of fused-ring (bicyclic) bond motifs is 1. The zero-order valence-corrected chi connectivity index (χ0v) is 31.5. The molecule has 1 amide bonds. The molecular weight excluding hydrogens is 679 g/mol. The van der Waals surface area contributed by atoms with Crippen LogP contribution in [0.2, 0.25) is 0 Å². The number of nitrogens with zero attached hydrogens (tertiary/aromatic N) is 5. The van der Waals surface area contributed by atoms with E-state index in [-0.39, 0.29) is 34.6 Å². The van der Waals surface area contributed by atoms with E-state index in [9.17, 15) is 19.2 Å². The highest BCUT2D eigenvalue weighted by Gasteiger charge is 2.29. The van der Waals surface area contributed by atoms with Crippen LogP contribution in [0.3, 0.4) is 0 Å². The standard InChI is InChI=1S/C40H45FN6O6/c1-10-42-19-25-14-15-34(43-20-25)46(38(51)53-40(6,7)8)33-17-27(22-45(9)36(33)49)29-12-11-13-32(30(29)23-52-24(2)48)47-37(50)35-26(21-44-47)16-28(18-31(35)41)39(3,4)5/h11-18,20-22,42H,10,19,23H2,1-9H3. The fourth-order valence-electron chi connectivity index (χ4n) is 5.75. The van der Waals surface area contributed by atoms with Crippen LogP contribution >= 0.6 is 0 Å². The molecule has 0 aliphatic heterocycles. The fourth-order valence-corrected chi connectivity index (χ4v) is 5.75. The molecule has 12 nitrogen and oxygen atoms in total.